The summed E-state index contributed by atoms with van der Waals surface area (Å²) in [7, 11) is 1.60. The van der Waals surface area contributed by atoms with E-state index in [4.69, 9.17) is 13.9 Å². The molecule has 168 valence electrons. The van der Waals surface area contributed by atoms with Gasteiger partial charge in [-0.05, 0) is 61.4 Å². The van der Waals surface area contributed by atoms with Gasteiger partial charge in [-0.25, -0.2) is 4.79 Å². The van der Waals surface area contributed by atoms with Crippen LogP contribution in [0, 0.1) is 6.92 Å². The number of ether oxygens (including phenoxy) is 2. The van der Waals surface area contributed by atoms with Crippen LogP contribution < -0.4 is 20.4 Å². The predicted molar refractivity (Wildman–Crippen MR) is 125 cm³/mol. The number of methoxy groups -OCH3 is 1. The van der Waals surface area contributed by atoms with Gasteiger partial charge in [0.05, 0.1) is 19.3 Å². The van der Waals surface area contributed by atoms with Gasteiger partial charge < -0.3 is 19.2 Å². The molecule has 0 aliphatic carbocycles. The number of carbonyl (C=O) groups excluding carboxylic acids is 1. The topological polar surface area (TPSA) is 90.7 Å². The molecular formula is C26H24N2O5. The van der Waals surface area contributed by atoms with Gasteiger partial charge in [-0.15, -0.1) is 0 Å². The molecule has 2 aromatic carbocycles. The van der Waals surface area contributed by atoms with E-state index in [0.717, 1.165) is 28.0 Å². The molecule has 0 saturated carbocycles. The Morgan fingerprint density at radius 2 is 1.91 bits per heavy atom. The first kappa shape index (κ1) is 22.1. The average Bonchev–Trinajstić information content (AvgIpc) is 2.84. The minimum Gasteiger partial charge on any atom is -0.497 e. The van der Waals surface area contributed by atoms with Crippen molar-refractivity contribution in [3.8, 4) is 22.6 Å². The lowest BCUT2D eigenvalue weighted by Crippen LogP contribution is -2.36. The number of rotatable bonds is 7. The first-order valence-corrected chi connectivity index (χ1v) is 10.5. The molecule has 0 unspecified atom stereocenters. The van der Waals surface area contributed by atoms with E-state index in [2.05, 4.69) is 10.3 Å². The molecule has 0 spiro atoms. The highest BCUT2D eigenvalue weighted by Gasteiger charge is 2.18. The van der Waals surface area contributed by atoms with Crippen LogP contribution in [0.15, 0.2) is 76.1 Å². The van der Waals surface area contributed by atoms with Crippen LogP contribution in [0.25, 0.3) is 22.1 Å². The molecule has 0 aliphatic rings. The molecular weight excluding hydrogens is 420 g/mol. The van der Waals surface area contributed by atoms with E-state index in [9.17, 15) is 9.59 Å². The zero-order chi connectivity index (χ0) is 23.4. The van der Waals surface area contributed by atoms with Gasteiger partial charge in [0.15, 0.2) is 6.10 Å². The summed E-state index contributed by atoms with van der Waals surface area (Å²) in [5.74, 6) is 0.930. The number of nitrogens with one attached hydrogen (secondary N) is 1. The van der Waals surface area contributed by atoms with E-state index in [1.165, 1.54) is 6.07 Å². The molecule has 2 aromatic heterocycles. The third-order valence-electron chi connectivity index (χ3n) is 5.36. The van der Waals surface area contributed by atoms with E-state index in [1.54, 1.807) is 33.2 Å². The van der Waals surface area contributed by atoms with Crippen LogP contribution in [0.5, 0.6) is 11.5 Å². The SMILES string of the molecule is COc1ccc(-c2cc(=O)oc3c(C)c(O[C@H](C)C(=O)NCc4ccccn4)ccc23)cc1. The van der Waals surface area contributed by atoms with Crippen LogP contribution in [-0.2, 0) is 11.3 Å². The summed E-state index contributed by atoms with van der Waals surface area (Å²) >= 11 is 0. The van der Waals surface area contributed by atoms with Crippen LogP contribution in [0.1, 0.15) is 18.2 Å². The second kappa shape index (κ2) is 9.56. The first-order valence-electron chi connectivity index (χ1n) is 10.5. The maximum atomic E-state index is 12.5. The number of aryl methyl sites for hydroxylation is 1. The highest BCUT2D eigenvalue weighted by molar-refractivity contribution is 5.95. The third-order valence-corrected chi connectivity index (χ3v) is 5.36. The van der Waals surface area contributed by atoms with E-state index < -0.39 is 11.7 Å². The fourth-order valence-electron chi connectivity index (χ4n) is 3.55. The van der Waals surface area contributed by atoms with Crippen molar-refractivity contribution >= 4 is 16.9 Å². The summed E-state index contributed by atoms with van der Waals surface area (Å²) in [5, 5.41) is 3.59. The van der Waals surface area contributed by atoms with Gasteiger partial charge in [0.25, 0.3) is 5.91 Å². The molecule has 7 nitrogen and oxygen atoms in total. The lowest BCUT2D eigenvalue weighted by Gasteiger charge is -2.17. The Kier molecular flexibility index (Phi) is 6.40. The van der Waals surface area contributed by atoms with E-state index >= 15 is 0 Å². The number of fused-ring (bicyclic) bond motifs is 1. The van der Waals surface area contributed by atoms with Crippen LogP contribution in [-0.4, -0.2) is 24.1 Å². The summed E-state index contributed by atoms with van der Waals surface area (Å²) < 4.78 is 16.6. The molecule has 7 heteroatoms. The number of aromatic nitrogens is 1. The largest absolute Gasteiger partial charge is 0.497 e. The quantitative estimate of drug-likeness (QED) is 0.429. The molecule has 0 radical (unpaired) electrons. The minimum absolute atomic E-state index is 0.270. The van der Waals surface area contributed by atoms with Gasteiger partial charge >= 0.3 is 5.63 Å². The van der Waals surface area contributed by atoms with Gasteiger partial charge in [0.1, 0.15) is 17.1 Å². The highest BCUT2D eigenvalue weighted by atomic mass is 16.5. The Morgan fingerprint density at radius 3 is 2.61 bits per heavy atom. The van der Waals surface area contributed by atoms with Crippen molar-refractivity contribution in [3.63, 3.8) is 0 Å². The number of benzene rings is 2. The molecule has 1 amide bonds. The second-order valence-electron chi connectivity index (χ2n) is 7.57. The summed E-state index contributed by atoms with van der Waals surface area (Å²) in [6.45, 7) is 3.78. The number of pyridine rings is 1. The number of nitrogens with zero attached hydrogens (tertiary/aromatic N) is 1. The first-order chi connectivity index (χ1) is 16.0. The predicted octanol–water partition coefficient (Wildman–Crippen LogP) is 4.26. The van der Waals surface area contributed by atoms with E-state index in [0.29, 0.717) is 23.4 Å². The monoisotopic (exact) mass is 444 g/mol. The van der Waals surface area contributed by atoms with Crippen LogP contribution in [0.2, 0.25) is 0 Å². The Labute approximate surface area is 191 Å². The molecule has 0 saturated heterocycles. The van der Waals surface area contributed by atoms with Crippen molar-refractivity contribution in [2.24, 2.45) is 0 Å². The lowest BCUT2D eigenvalue weighted by molar-refractivity contribution is -0.127. The fourth-order valence-corrected chi connectivity index (χ4v) is 3.55. The smallest absolute Gasteiger partial charge is 0.336 e. The lowest BCUT2D eigenvalue weighted by atomic mass is 10.00. The van der Waals surface area contributed by atoms with E-state index in [1.807, 2.05) is 48.5 Å². The van der Waals surface area contributed by atoms with Crippen molar-refractivity contribution in [1.82, 2.24) is 10.3 Å². The van der Waals surface area contributed by atoms with Crippen molar-refractivity contribution < 1.29 is 18.7 Å². The Balaban J connectivity index is 1.58. The zero-order valence-corrected chi connectivity index (χ0v) is 18.6. The molecule has 4 rings (SSSR count). The van der Waals surface area contributed by atoms with E-state index in [-0.39, 0.29) is 5.91 Å². The Morgan fingerprint density at radius 1 is 1.12 bits per heavy atom. The normalized spacial score (nSPS) is 11.7. The van der Waals surface area contributed by atoms with Gasteiger partial charge in [0, 0.05) is 23.2 Å². The van der Waals surface area contributed by atoms with Crippen LogP contribution in [0.4, 0.5) is 0 Å². The Hall–Kier alpha value is -4.13. The number of carbonyl (C=O) groups is 1. The Bertz CT molecular complexity index is 1330. The fraction of sp³-hybridized carbons (Fsp3) is 0.192. The molecule has 0 aliphatic heterocycles. The number of hydrogen-bond donors (Lipinski definition) is 1. The van der Waals surface area contributed by atoms with Gasteiger partial charge in [0.2, 0.25) is 0 Å². The maximum Gasteiger partial charge on any atom is 0.336 e. The van der Waals surface area contributed by atoms with Crippen molar-refractivity contribution in [2.45, 2.75) is 26.5 Å². The van der Waals surface area contributed by atoms with Crippen molar-refractivity contribution in [3.05, 3.63) is 88.5 Å². The second-order valence-corrected chi connectivity index (χ2v) is 7.57. The molecule has 0 bridgehead atoms. The summed E-state index contributed by atoms with van der Waals surface area (Å²) in [6, 6.07) is 18.1. The molecule has 0 fully saturated rings. The molecule has 1 atom stereocenters. The van der Waals surface area contributed by atoms with Crippen molar-refractivity contribution in [1.29, 1.82) is 0 Å². The summed E-state index contributed by atoms with van der Waals surface area (Å²) in [4.78, 5) is 29.0. The number of hydrogen-bond acceptors (Lipinski definition) is 6. The van der Waals surface area contributed by atoms with Gasteiger partial charge in [-0.1, -0.05) is 18.2 Å². The van der Waals surface area contributed by atoms with Crippen LogP contribution >= 0.6 is 0 Å². The third kappa shape index (κ3) is 4.87. The van der Waals surface area contributed by atoms with Gasteiger partial charge in [-0.3, -0.25) is 9.78 Å². The summed E-state index contributed by atoms with van der Waals surface area (Å²) in [6.07, 6.45) is 0.926. The minimum atomic E-state index is -0.749. The zero-order valence-electron chi connectivity index (χ0n) is 18.6. The highest BCUT2D eigenvalue weighted by Crippen LogP contribution is 2.34. The molecule has 2 heterocycles. The van der Waals surface area contributed by atoms with Crippen molar-refractivity contribution in [2.75, 3.05) is 7.11 Å². The summed E-state index contributed by atoms with van der Waals surface area (Å²) in [5.41, 5.74) is 2.97. The standard InChI is InChI=1S/C26H24N2O5/c1-16-23(32-17(2)26(30)28-15-19-6-4-5-13-27-19)12-11-21-22(14-24(29)33-25(16)21)18-7-9-20(31-3)10-8-18/h4-14,17H,15H2,1-3H3,(H,28,30)/t17-/m1/s1. The average molecular weight is 444 g/mol. The molecule has 4 aromatic rings. The van der Waals surface area contributed by atoms with Gasteiger partial charge in [-0.2, -0.15) is 0 Å². The molecule has 1 N–H and O–H groups in total. The molecule has 33 heavy (non-hydrogen) atoms. The van der Waals surface area contributed by atoms with Crippen LogP contribution in [0.3, 0.4) is 0 Å². The number of amides is 1. The maximum absolute atomic E-state index is 12.5.